The third-order valence-electron chi connectivity index (χ3n) is 2.23. The van der Waals surface area contributed by atoms with Gasteiger partial charge in [0.15, 0.2) is 0 Å². The first-order valence-corrected chi connectivity index (χ1v) is 6.10. The molecule has 17 heavy (non-hydrogen) atoms. The zero-order valence-corrected chi connectivity index (χ0v) is 11.2. The molecule has 1 aromatic carbocycles. The first-order valence-electron chi connectivity index (χ1n) is 5.72. The summed E-state index contributed by atoms with van der Waals surface area (Å²) in [6, 6.07) is 5.28. The van der Waals surface area contributed by atoms with Crippen molar-refractivity contribution in [3.63, 3.8) is 0 Å². The van der Waals surface area contributed by atoms with Crippen molar-refractivity contribution in [2.75, 3.05) is 13.2 Å². The van der Waals surface area contributed by atoms with Gasteiger partial charge in [-0.2, -0.15) is 0 Å². The number of ether oxygens (including phenoxy) is 2. The van der Waals surface area contributed by atoms with Crippen molar-refractivity contribution in [2.24, 2.45) is 0 Å². The van der Waals surface area contributed by atoms with Crippen molar-refractivity contribution >= 4 is 11.6 Å². The van der Waals surface area contributed by atoms with E-state index in [0.717, 1.165) is 5.56 Å². The highest BCUT2D eigenvalue weighted by molar-refractivity contribution is 6.32. The molecule has 0 aliphatic heterocycles. The van der Waals surface area contributed by atoms with E-state index in [-0.39, 0.29) is 6.10 Å². The van der Waals surface area contributed by atoms with Gasteiger partial charge in [-0.05, 0) is 38.5 Å². The second kappa shape index (κ2) is 6.84. The van der Waals surface area contributed by atoms with Crippen LogP contribution in [0.3, 0.4) is 0 Å². The molecule has 1 rings (SSSR count). The van der Waals surface area contributed by atoms with E-state index in [0.29, 0.717) is 24.0 Å². The number of halogens is 1. The molecule has 4 heteroatoms. The minimum Gasteiger partial charge on any atom is -0.490 e. The van der Waals surface area contributed by atoms with Crippen LogP contribution in [0.4, 0.5) is 0 Å². The molecule has 0 aromatic heterocycles. The fourth-order valence-corrected chi connectivity index (χ4v) is 1.57. The van der Waals surface area contributed by atoms with Gasteiger partial charge in [-0.25, -0.2) is 0 Å². The second-order valence-corrected chi connectivity index (χ2v) is 4.54. The molecule has 1 N–H and O–H groups in total. The predicted octanol–water partition coefficient (Wildman–Crippen LogP) is 3.20. The van der Waals surface area contributed by atoms with E-state index in [9.17, 15) is 5.11 Å². The van der Waals surface area contributed by atoms with Gasteiger partial charge in [0.2, 0.25) is 0 Å². The molecule has 0 saturated carbocycles. The molecule has 96 valence electrons. The Hall–Kier alpha value is -0.770. The molecule has 0 fully saturated rings. The Morgan fingerprint density at radius 3 is 2.47 bits per heavy atom. The maximum Gasteiger partial charge on any atom is 0.138 e. The van der Waals surface area contributed by atoms with Gasteiger partial charge in [0.05, 0.1) is 23.8 Å². The zero-order valence-electron chi connectivity index (χ0n) is 10.4. The molecule has 0 unspecified atom stereocenters. The van der Waals surface area contributed by atoms with E-state index in [1.807, 2.05) is 13.8 Å². The highest BCUT2D eigenvalue weighted by Gasteiger charge is 2.06. The minimum absolute atomic E-state index is 0.201. The van der Waals surface area contributed by atoms with Crippen molar-refractivity contribution in [1.82, 2.24) is 0 Å². The fourth-order valence-electron chi connectivity index (χ4n) is 1.33. The molecule has 0 amide bonds. The van der Waals surface area contributed by atoms with Crippen LogP contribution in [0.15, 0.2) is 18.2 Å². The van der Waals surface area contributed by atoms with E-state index < -0.39 is 6.10 Å². The summed E-state index contributed by atoms with van der Waals surface area (Å²) in [4.78, 5) is 0. The Morgan fingerprint density at radius 1 is 1.24 bits per heavy atom. The molecule has 0 saturated heterocycles. The lowest BCUT2D eigenvalue weighted by molar-refractivity contribution is 0.0553. The van der Waals surface area contributed by atoms with Crippen molar-refractivity contribution < 1.29 is 14.6 Å². The van der Waals surface area contributed by atoms with Crippen molar-refractivity contribution in [3.05, 3.63) is 28.8 Å². The van der Waals surface area contributed by atoms with Gasteiger partial charge >= 0.3 is 0 Å². The highest BCUT2D eigenvalue weighted by Crippen LogP contribution is 2.27. The summed E-state index contributed by atoms with van der Waals surface area (Å²) in [6.07, 6.45) is -0.322. The van der Waals surface area contributed by atoms with E-state index in [1.54, 1.807) is 25.1 Å². The maximum atomic E-state index is 9.39. The van der Waals surface area contributed by atoms with Crippen LogP contribution < -0.4 is 4.74 Å². The molecular formula is C13H19ClO3. The number of rotatable bonds is 6. The van der Waals surface area contributed by atoms with Crippen LogP contribution in [-0.4, -0.2) is 24.4 Å². The summed E-state index contributed by atoms with van der Waals surface area (Å²) in [6.45, 7) is 6.65. The Balaban J connectivity index is 2.49. The number of hydrogen-bond acceptors (Lipinski definition) is 3. The average molecular weight is 259 g/mol. The van der Waals surface area contributed by atoms with Gasteiger partial charge in [-0.15, -0.1) is 0 Å². The average Bonchev–Trinajstić information content (AvgIpc) is 2.25. The summed E-state index contributed by atoms with van der Waals surface area (Å²) in [5, 5.41) is 9.90. The van der Waals surface area contributed by atoms with E-state index in [1.165, 1.54) is 0 Å². The number of aliphatic hydroxyl groups is 1. The van der Waals surface area contributed by atoms with Crippen LogP contribution in [0.1, 0.15) is 32.4 Å². The summed E-state index contributed by atoms with van der Waals surface area (Å²) in [5.41, 5.74) is 0.779. The monoisotopic (exact) mass is 258 g/mol. The van der Waals surface area contributed by atoms with Gasteiger partial charge in [-0.3, -0.25) is 0 Å². The Bertz CT molecular complexity index is 351. The number of hydrogen-bond donors (Lipinski definition) is 1. The van der Waals surface area contributed by atoms with E-state index in [4.69, 9.17) is 21.1 Å². The van der Waals surface area contributed by atoms with E-state index >= 15 is 0 Å². The highest BCUT2D eigenvalue weighted by atomic mass is 35.5. The Morgan fingerprint density at radius 2 is 1.94 bits per heavy atom. The topological polar surface area (TPSA) is 38.7 Å². The molecule has 1 atom stereocenters. The molecule has 3 nitrogen and oxygen atoms in total. The largest absolute Gasteiger partial charge is 0.490 e. The molecule has 1 aromatic rings. The Labute approximate surface area is 107 Å². The van der Waals surface area contributed by atoms with Crippen molar-refractivity contribution in [2.45, 2.75) is 33.0 Å². The fraction of sp³-hybridized carbons (Fsp3) is 0.538. The predicted molar refractivity (Wildman–Crippen MR) is 68.7 cm³/mol. The van der Waals surface area contributed by atoms with Crippen LogP contribution in [0.25, 0.3) is 0 Å². The lowest BCUT2D eigenvalue weighted by Gasteiger charge is -2.12. The summed E-state index contributed by atoms with van der Waals surface area (Å²) >= 11 is 6.04. The first kappa shape index (κ1) is 14.3. The zero-order chi connectivity index (χ0) is 12.8. The van der Waals surface area contributed by atoms with Crippen LogP contribution in [0.5, 0.6) is 5.75 Å². The van der Waals surface area contributed by atoms with Gasteiger partial charge in [0.25, 0.3) is 0 Å². The van der Waals surface area contributed by atoms with Crippen LogP contribution in [0.2, 0.25) is 5.02 Å². The Kier molecular flexibility index (Phi) is 5.75. The summed E-state index contributed by atoms with van der Waals surface area (Å²) in [5.74, 6) is 0.614. The van der Waals surface area contributed by atoms with Gasteiger partial charge in [0.1, 0.15) is 12.4 Å². The molecule has 0 radical (unpaired) electrons. The molecule has 0 aliphatic rings. The maximum absolute atomic E-state index is 9.39. The number of benzene rings is 1. The summed E-state index contributed by atoms with van der Waals surface area (Å²) < 4.78 is 10.8. The molecule has 0 bridgehead atoms. The summed E-state index contributed by atoms with van der Waals surface area (Å²) in [7, 11) is 0. The standard InChI is InChI=1S/C13H19ClO3/c1-9(2)16-6-7-17-13-5-4-11(10(3)15)8-12(13)14/h4-5,8-10,15H,6-7H2,1-3H3/t10-/m0/s1. The SMILES string of the molecule is CC(C)OCCOc1ccc([C@H](C)O)cc1Cl. The minimum atomic E-state index is -0.522. The van der Waals surface area contributed by atoms with Gasteiger partial charge < -0.3 is 14.6 Å². The number of aliphatic hydroxyl groups excluding tert-OH is 1. The van der Waals surface area contributed by atoms with Crippen molar-refractivity contribution in [3.8, 4) is 5.75 Å². The van der Waals surface area contributed by atoms with Crippen molar-refractivity contribution in [1.29, 1.82) is 0 Å². The lowest BCUT2D eigenvalue weighted by Crippen LogP contribution is -2.11. The van der Waals surface area contributed by atoms with Gasteiger partial charge in [0, 0.05) is 0 Å². The normalized spacial score (nSPS) is 12.8. The third-order valence-corrected chi connectivity index (χ3v) is 2.53. The first-order chi connectivity index (χ1) is 8.00. The van der Waals surface area contributed by atoms with Gasteiger partial charge in [-0.1, -0.05) is 17.7 Å². The second-order valence-electron chi connectivity index (χ2n) is 4.13. The smallest absolute Gasteiger partial charge is 0.138 e. The molecule has 0 aliphatic carbocycles. The van der Waals surface area contributed by atoms with E-state index in [2.05, 4.69) is 0 Å². The van der Waals surface area contributed by atoms with Crippen LogP contribution in [0, 0.1) is 0 Å². The van der Waals surface area contributed by atoms with Crippen LogP contribution in [-0.2, 0) is 4.74 Å². The lowest BCUT2D eigenvalue weighted by atomic mass is 10.1. The third kappa shape index (κ3) is 4.94. The molecular weight excluding hydrogens is 240 g/mol. The van der Waals surface area contributed by atoms with Crippen LogP contribution >= 0.6 is 11.6 Å². The molecule has 0 spiro atoms. The quantitative estimate of drug-likeness (QED) is 0.797. The molecule has 0 heterocycles.